The minimum absolute atomic E-state index is 0.0180. The number of Topliss-reactive ketones (excluding diaryl/α,β-unsaturated/α-hetero) is 2. The van der Waals surface area contributed by atoms with Crippen LogP contribution >= 0.6 is 0 Å². The van der Waals surface area contributed by atoms with Gasteiger partial charge in [0.1, 0.15) is 0 Å². The predicted molar refractivity (Wildman–Crippen MR) is 86.5 cm³/mol. The largest absolute Gasteiger partial charge is 0.336 e. The molecule has 3 heteroatoms. The van der Waals surface area contributed by atoms with Gasteiger partial charge in [-0.1, -0.05) is 49.1 Å². The molecule has 22 heavy (non-hydrogen) atoms. The molecule has 106 valence electrons. The van der Waals surface area contributed by atoms with E-state index in [0.717, 1.165) is 21.5 Å². The van der Waals surface area contributed by atoms with Crippen LogP contribution in [0.15, 0.2) is 60.2 Å². The van der Waals surface area contributed by atoms with E-state index in [1.807, 2.05) is 28.8 Å². The van der Waals surface area contributed by atoms with Crippen molar-refractivity contribution in [2.24, 2.45) is 0 Å². The molecule has 0 saturated carbocycles. The van der Waals surface area contributed by atoms with Crippen LogP contribution in [-0.4, -0.2) is 16.1 Å². The van der Waals surface area contributed by atoms with Crippen molar-refractivity contribution in [1.29, 1.82) is 0 Å². The molecule has 0 aliphatic carbocycles. The number of hydrogen-bond acceptors (Lipinski definition) is 2. The van der Waals surface area contributed by atoms with Gasteiger partial charge in [-0.2, -0.15) is 0 Å². The van der Waals surface area contributed by atoms with E-state index in [4.69, 9.17) is 0 Å². The summed E-state index contributed by atoms with van der Waals surface area (Å²) in [5, 5.41) is 3.67. The van der Waals surface area contributed by atoms with Gasteiger partial charge in [0.15, 0.2) is 11.6 Å². The van der Waals surface area contributed by atoms with Crippen LogP contribution in [0.4, 0.5) is 0 Å². The van der Waals surface area contributed by atoms with Crippen LogP contribution in [-0.2, 0) is 16.1 Å². The Balaban J connectivity index is 2.23. The summed E-state index contributed by atoms with van der Waals surface area (Å²) >= 11 is 0. The first-order chi connectivity index (χ1) is 10.6. The van der Waals surface area contributed by atoms with Crippen molar-refractivity contribution >= 4 is 34.5 Å². The molecule has 2 bridgehead atoms. The predicted octanol–water partition coefficient (Wildman–Crippen LogP) is 1.41. The Bertz CT molecular complexity index is 1050. The van der Waals surface area contributed by atoms with Gasteiger partial charge in [-0.25, -0.2) is 0 Å². The number of carbonyl (C=O) groups excluding carboxylic acids is 2. The van der Waals surface area contributed by atoms with Gasteiger partial charge in [0.25, 0.3) is 0 Å². The second-order valence-electron chi connectivity index (χ2n) is 5.50. The Morgan fingerprint density at radius 1 is 0.955 bits per heavy atom. The third-order valence-corrected chi connectivity index (χ3v) is 4.15. The second kappa shape index (κ2) is 4.53. The maximum atomic E-state index is 12.3. The van der Waals surface area contributed by atoms with Gasteiger partial charge in [-0.05, 0) is 0 Å². The van der Waals surface area contributed by atoms with Crippen molar-refractivity contribution in [1.82, 2.24) is 4.57 Å². The van der Waals surface area contributed by atoms with E-state index in [9.17, 15) is 9.59 Å². The van der Waals surface area contributed by atoms with Crippen molar-refractivity contribution < 1.29 is 9.59 Å². The van der Waals surface area contributed by atoms with Gasteiger partial charge in [0.2, 0.25) is 0 Å². The smallest absolute Gasteiger partial charge is 0.187 e. The molecule has 2 aromatic rings. The van der Waals surface area contributed by atoms with E-state index in [1.54, 1.807) is 30.4 Å². The highest BCUT2D eigenvalue weighted by molar-refractivity contribution is 6.21. The van der Waals surface area contributed by atoms with E-state index in [2.05, 4.69) is 6.58 Å². The summed E-state index contributed by atoms with van der Waals surface area (Å²) < 4.78 is 2.03. The van der Waals surface area contributed by atoms with Gasteiger partial charge in [0, 0.05) is 34.1 Å². The average molecular weight is 287 g/mol. The molecular weight excluding hydrogens is 274 g/mol. The lowest BCUT2D eigenvalue weighted by atomic mass is 10.1. The molecule has 0 unspecified atom stereocenters. The highest BCUT2D eigenvalue weighted by Gasteiger charge is 2.18. The number of carbonyl (C=O) groups is 2. The maximum Gasteiger partial charge on any atom is 0.187 e. The lowest BCUT2D eigenvalue weighted by molar-refractivity contribution is -0.110. The van der Waals surface area contributed by atoms with Crippen molar-refractivity contribution in [2.45, 2.75) is 6.54 Å². The second-order valence-corrected chi connectivity index (χ2v) is 5.50. The highest BCUT2D eigenvalue weighted by atomic mass is 16.1. The van der Waals surface area contributed by atoms with Gasteiger partial charge in [-0.15, -0.1) is 0 Å². The van der Waals surface area contributed by atoms with Crippen molar-refractivity contribution in [3.05, 3.63) is 70.9 Å². The molecule has 0 N–H and O–H groups in total. The van der Waals surface area contributed by atoms with Crippen molar-refractivity contribution in [3.8, 4) is 0 Å². The lowest BCUT2D eigenvalue weighted by Crippen LogP contribution is -2.34. The zero-order valence-electron chi connectivity index (χ0n) is 11.9. The Kier molecular flexibility index (Phi) is 2.63. The van der Waals surface area contributed by atoms with Gasteiger partial charge in [0.05, 0.1) is 17.2 Å². The zero-order valence-corrected chi connectivity index (χ0v) is 11.9. The number of nitrogens with zero attached hydrogens (tertiary/aromatic N) is 1. The first-order valence-corrected chi connectivity index (χ1v) is 7.10. The van der Waals surface area contributed by atoms with Gasteiger partial charge >= 0.3 is 0 Å². The number of hydrogen-bond donors (Lipinski definition) is 0. The highest BCUT2D eigenvalue weighted by Crippen LogP contribution is 2.13. The molecule has 0 spiro atoms. The normalized spacial score (nSPS) is 22.5. The maximum absolute atomic E-state index is 12.3. The summed E-state index contributed by atoms with van der Waals surface area (Å²) in [7, 11) is 0. The third kappa shape index (κ3) is 1.76. The molecule has 2 aliphatic heterocycles. The molecule has 3 heterocycles. The lowest BCUT2D eigenvalue weighted by Gasteiger charge is -2.13. The summed E-state index contributed by atoms with van der Waals surface area (Å²) in [6.07, 6.45) is 8.40. The topological polar surface area (TPSA) is 39.1 Å². The molecule has 0 amide bonds. The molecule has 0 saturated heterocycles. The van der Waals surface area contributed by atoms with Gasteiger partial charge < -0.3 is 4.57 Å². The van der Waals surface area contributed by atoms with Crippen molar-refractivity contribution in [3.63, 3.8) is 0 Å². The quantitative estimate of drug-likeness (QED) is 0.687. The molecule has 3 nitrogen and oxygen atoms in total. The van der Waals surface area contributed by atoms with E-state index in [1.165, 1.54) is 0 Å². The van der Waals surface area contributed by atoms with E-state index >= 15 is 0 Å². The summed E-state index contributed by atoms with van der Waals surface area (Å²) in [4.78, 5) is 24.6. The van der Waals surface area contributed by atoms with Crippen molar-refractivity contribution in [2.75, 3.05) is 0 Å². The Hall–Kier alpha value is -2.94. The third-order valence-electron chi connectivity index (χ3n) is 4.15. The first-order valence-electron chi connectivity index (χ1n) is 7.10. The van der Waals surface area contributed by atoms with E-state index in [-0.39, 0.29) is 11.6 Å². The number of rotatable bonds is 0. The molecule has 0 fully saturated rings. The minimum atomic E-state index is -0.115. The zero-order chi connectivity index (χ0) is 15.3. The van der Waals surface area contributed by atoms with Crippen LogP contribution < -0.4 is 10.7 Å². The summed E-state index contributed by atoms with van der Waals surface area (Å²) in [5.74, 6) is -0.0967. The fourth-order valence-corrected chi connectivity index (χ4v) is 3.01. The fraction of sp³-hybridized carbons (Fsp3) is 0.0526. The Labute approximate surface area is 126 Å². The summed E-state index contributed by atoms with van der Waals surface area (Å²) in [6, 6.07) is 7.84. The molecule has 2 aliphatic rings. The first kappa shape index (κ1) is 12.8. The average Bonchev–Trinajstić information content (AvgIpc) is 2.81. The standard InChI is InChI=1S/C19H13NO2/c1-12-5-4-6-13-11-20-16(9-18(12)21)14-7-2-3-8-15(14)17(20)10-19(13)22/h2-10H,1,11H2/b5-4-,13-6+,16-9-. The molecule has 0 radical (unpaired) electrons. The summed E-state index contributed by atoms with van der Waals surface area (Å²) in [6.45, 7) is 4.27. The molecule has 4 rings (SSSR count). The number of aromatic nitrogens is 1. The van der Waals surface area contributed by atoms with Crippen LogP contribution in [0.2, 0.25) is 0 Å². The van der Waals surface area contributed by atoms with Crippen LogP contribution in [0.25, 0.3) is 22.9 Å². The number of ketones is 2. The Morgan fingerprint density at radius 2 is 1.59 bits per heavy atom. The van der Waals surface area contributed by atoms with Gasteiger partial charge in [-0.3, -0.25) is 9.59 Å². The fourth-order valence-electron chi connectivity index (χ4n) is 3.01. The number of fused-ring (bicyclic) bond motifs is 4. The van der Waals surface area contributed by atoms with E-state index < -0.39 is 0 Å². The van der Waals surface area contributed by atoms with Crippen LogP contribution in [0, 0.1) is 0 Å². The molecule has 0 atom stereocenters. The summed E-state index contributed by atoms with van der Waals surface area (Å²) in [5.41, 5.74) is 1.12. The van der Waals surface area contributed by atoms with Crippen LogP contribution in [0.1, 0.15) is 0 Å². The molecule has 1 aromatic carbocycles. The monoisotopic (exact) mass is 287 g/mol. The van der Waals surface area contributed by atoms with Crippen LogP contribution in [0.5, 0.6) is 0 Å². The number of allylic oxidation sites excluding steroid dienone is 5. The van der Waals surface area contributed by atoms with Crippen LogP contribution in [0.3, 0.4) is 0 Å². The minimum Gasteiger partial charge on any atom is -0.336 e. The SMILES string of the molecule is C=C1/C=C\C=C2/Cn3c(c4ccccc4/c3=C/C1=O)=CC2=O. The molecular formula is C19H13NO2. The molecule has 1 aromatic heterocycles. The Morgan fingerprint density at radius 3 is 2.27 bits per heavy atom. The van der Waals surface area contributed by atoms with E-state index in [0.29, 0.717) is 17.7 Å². The number of benzene rings is 1.